The van der Waals surface area contributed by atoms with Gasteiger partial charge in [0.15, 0.2) is 11.3 Å². The van der Waals surface area contributed by atoms with Crippen molar-refractivity contribution < 1.29 is 40.6 Å². The summed E-state index contributed by atoms with van der Waals surface area (Å²) < 4.78 is 67.6. The number of piperazine rings is 2. The normalized spacial score (nSPS) is 18.8. The average molecular weight is 1600 g/mol. The number of carbonyl (C=O) groups is 4. The summed E-state index contributed by atoms with van der Waals surface area (Å²) in [5.41, 5.74) is 9.53. The molecule has 4 atom stereocenters. The molecule has 6 saturated heterocycles. The Labute approximate surface area is 670 Å². The van der Waals surface area contributed by atoms with Crippen LogP contribution >= 0.6 is 0 Å². The van der Waals surface area contributed by atoms with Crippen molar-refractivity contribution in [1.29, 1.82) is 0 Å². The summed E-state index contributed by atoms with van der Waals surface area (Å²) in [4.78, 5) is 106. The van der Waals surface area contributed by atoms with Crippen LogP contribution in [0.5, 0.6) is 0 Å². The third kappa shape index (κ3) is 16.0. The fourth-order valence-electron chi connectivity index (χ4n) is 16.8. The third-order valence-electron chi connectivity index (χ3n) is 22.7. The van der Waals surface area contributed by atoms with Gasteiger partial charge in [0, 0.05) is 91.4 Å². The minimum absolute atomic E-state index is 0.0231. The monoisotopic (exact) mass is 1600 g/mol. The molecule has 3 N–H and O–H groups in total. The minimum atomic E-state index is -3.97. The summed E-state index contributed by atoms with van der Waals surface area (Å²) in [5.74, 6) is 1.48. The topological polar surface area (TPSA) is 304 Å². The first kappa shape index (κ1) is 77.0. The van der Waals surface area contributed by atoms with Crippen LogP contribution in [-0.4, -0.2) is 173 Å². The summed E-state index contributed by atoms with van der Waals surface area (Å²) in [6, 6.07) is 53.2. The number of nitrogens with zero attached hydrogens (tertiary/aromatic N) is 17. The van der Waals surface area contributed by atoms with E-state index in [0.29, 0.717) is 36.1 Å². The number of aromatic nitrogens is 12. The Morgan fingerprint density at radius 2 is 0.932 bits per heavy atom. The van der Waals surface area contributed by atoms with Crippen molar-refractivity contribution in [2.75, 3.05) is 98.2 Å². The van der Waals surface area contributed by atoms with Gasteiger partial charge in [-0.1, -0.05) is 78.4 Å². The number of rotatable bonds is 18. The van der Waals surface area contributed by atoms with Gasteiger partial charge in [-0.25, -0.2) is 47.3 Å². The Balaban J connectivity index is 0.000000133. The number of imide groups is 2. The average Bonchev–Trinajstić information content (AvgIpc) is 1.61. The lowest BCUT2D eigenvalue weighted by Crippen LogP contribution is -2.48. The van der Waals surface area contributed by atoms with Gasteiger partial charge in [0.25, 0.3) is 10.1 Å². The summed E-state index contributed by atoms with van der Waals surface area (Å²) in [6.07, 6.45) is 8.48. The predicted molar refractivity (Wildman–Crippen MR) is 437 cm³/mol. The van der Waals surface area contributed by atoms with Crippen LogP contribution in [0.1, 0.15) is 92.2 Å². The molecule has 0 radical (unpaired) electrons. The van der Waals surface area contributed by atoms with Crippen molar-refractivity contribution in [2.24, 2.45) is 0 Å². The molecule has 6 aliphatic heterocycles. The van der Waals surface area contributed by atoms with Crippen LogP contribution in [0.15, 0.2) is 209 Å². The predicted octanol–water partition coefficient (Wildman–Crippen LogP) is 9.36. The zero-order valence-corrected chi connectivity index (χ0v) is 65.1. The number of anilines is 4. The molecule has 6 fully saturated rings. The van der Waals surface area contributed by atoms with Crippen molar-refractivity contribution in [3.05, 3.63) is 244 Å². The van der Waals surface area contributed by atoms with E-state index < -0.39 is 39.7 Å². The maximum Gasteiger partial charge on any atom is 0.329 e. The Bertz CT molecular complexity index is 6170. The molecule has 600 valence electrons. The standard InChI is InChI=1S/C39H39FN10O3.C25H26FN7.C21H21N3O6S/c40-27-7-3-6-26(24-27)29-11-5-17-47(29)36-15-14-34-41-25-33(50(34)44-36)28-8-4-12-35(42-28)46-21-18-45(19-22-46)20-23-48-30-9-1-2-10-31(30)49(39(48)53)32-13-16-37(51)43-38(32)52;26-19-5-1-4-18(16-19)21-7-3-13-32(21)25-10-9-23-28-17-22(33(23)30-25)20-6-2-8-24(29-20)31-14-11-27-12-15-31;1-14-6-8-15(9-7-14)31(28,29)30-13-12-23-16-4-2-3-5-17(16)24(21(23)27)18-10-11-19(25)22-20(18)26/h1-4,6-10,12,14-15,24-25,29,32H,5,11,13,16-23H2,(H,43,51,52);1-2,4-6,8-10,16-17,21,27H,3,7,11-15H2;2-9,18H,10-13H2,1H3,(H,22,25,26)/t29-,32?;21-;/m11./s1. The zero-order valence-electron chi connectivity index (χ0n) is 64.3. The van der Waals surface area contributed by atoms with Gasteiger partial charge in [0.05, 0.1) is 76.0 Å². The van der Waals surface area contributed by atoms with Crippen LogP contribution < -0.4 is 46.9 Å². The molecule has 0 spiro atoms. The van der Waals surface area contributed by atoms with E-state index in [4.69, 9.17) is 24.3 Å². The highest BCUT2D eigenvalue weighted by Crippen LogP contribution is 2.39. The molecule has 32 heteroatoms. The molecule has 8 aromatic heterocycles. The fraction of sp³-hybridized carbons (Fsp3) is 0.318. The van der Waals surface area contributed by atoms with Crippen molar-refractivity contribution >= 4 is 90.4 Å². The first-order valence-electron chi connectivity index (χ1n) is 39.6. The summed E-state index contributed by atoms with van der Waals surface area (Å²) in [5, 5.41) is 18.0. The molecule has 19 rings (SSSR count). The molecule has 0 aliphatic carbocycles. The highest BCUT2D eigenvalue weighted by Gasteiger charge is 2.36. The van der Waals surface area contributed by atoms with Crippen molar-refractivity contribution in [3.8, 4) is 22.8 Å². The van der Waals surface area contributed by atoms with Gasteiger partial charge in [-0.05, 0) is 166 Å². The molecule has 6 aliphatic rings. The number of piperidine rings is 2. The Kier molecular flexibility index (Phi) is 21.9. The maximum absolute atomic E-state index is 14.1. The molecule has 5 aromatic carbocycles. The number of benzene rings is 5. The van der Waals surface area contributed by atoms with E-state index in [9.17, 15) is 46.0 Å². The maximum atomic E-state index is 14.1. The number of pyridine rings is 2. The zero-order chi connectivity index (χ0) is 80.4. The van der Waals surface area contributed by atoms with E-state index in [-0.39, 0.29) is 78.5 Å². The van der Waals surface area contributed by atoms with Gasteiger partial charge in [0.2, 0.25) is 23.6 Å². The minimum Gasteiger partial charge on any atom is -0.354 e. The number of amides is 4. The lowest BCUT2D eigenvalue weighted by Gasteiger charge is -2.35. The lowest BCUT2D eigenvalue weighted by atomic mass is 10.0. The van der Waals surface area contributed by atoms with Gasteiger partial charge < -0.3 is 24.9 Å². The van der Waals surface area contributed by atoms with Crippen LogP contribution in [0, 0.1) is 18.6 Å². The molecule has 29 nitrogen and oxygen atoms in total. The number of halogens is 2. The highest BCUT2D eigenvalue weighted by molar-refractivity contribution is 7.86. The number of imidazole rings is 4. The number of nitrogens with one attached hydrogen (secondary N) is 3. The van der Waals surface area contributed by atoms with Gasteiger partial charge in [0.1, 0.15) is 58.4 Å². The second kappa shape index (κ2) is 33.3. The van der Waals surface area contributed by atoms with Crippen LogP contribution in [-0.2, 0) is 46.6 Å². The molecule has 0 bridgehead atoms. The smallest absolute Gasteiger partial charge is 0.329 e. The van der Waals surface area contributed by atoms with Gasteiger partial charge in [-0.15, -0.1) is 10.2 Å². The molecule has 0 saturated carbocycles. The number of aryl methyl sites for hydroxylation is 1. The fourth-order valence-corrected chi connectivity index (χ4v) is 17.7. The lowest BCUT2D eigenvalue weighted by molar-refractivity contribution is -0.137. The second-order valence-electron chi connectivity index (χ2n) is 30.0. The van der Waals surface area contributed by atoms with Crippen LogP contribution in [0.25, 0.3) is 56.1 Å². The number of carbonyl (C=O) groups excluding carboxylic acids is 4. The first-order valence-corrected chi connectivity index (χ1v) is 41.0. The molecular formula is C85H86F2N20O9S. The van der Waals surface area contributed by atoms with Crippen molar-refractivity contribution in [1.82, 2.24) is 78.3 Å². The summed E-state index contributed by atoms with van der Waals surface area (Å²) >= 11 is 0. The van der Waals surface area contributed by atoms with Gasteiger partial charge >= 0.3 is 11.4 Å². The molecule has 4 amide bonds. The van der Waals surface area contributed by atoms with E-state index in [2.05, 4.69) is 56.5 Å². The van der Waals surface area contributed by atoms with E-state index >= 15 is 0 Å². The highest BCUT2D eigenvalue weighted by atomic mass is 32.2. The van der Waals surface area contributed by atoms with Gasteiger partial charge in [-0.3, -0.25) is 57.2 Å². The number of hydrogen-bond acceptors (Lipinski definition) is 21. The van der Waals surface area contributed by atoms with Crippen molar-refractivity contribution in [3.63, 3.8) is 0 Å². The van der Waals surface area contributed by atoms with Crippen molar-refractivity contribution in [2.45, 2.75) is 100 Å². The number of hydrogen-bond donors (Lipinski definition) is 3. The van der Waals surface area contributed by atoms with Crippen LogP contribution in [0.4, 0.5) is 32.1 Å². The van der Waals surface area contributed by atoms with Crippen LogP contribution in [0.2, 0.25) is 0 Å². The van der Waals surface area contributed by atoms with Crippen LogP contribution in [0.3, 0.4) is 0 Å². The second-order valence-corrected chi connectivity index (χ2v) is 31.6. The molecule has 13 aromatic rings. The third-order valence-corrected chi connectivity index (χ3v) is 24.0. The largest absolute Gasteiger partial charge is 0.354 e. The quantitative estimate of drug-likeness (QED) is 0.0532. The van der Waals surface area contributed by atoms with Gasteiger partial charge in [-0.2, -0.15) is 8.42 Å². The molecular weight excluding hydrogens is 1520 g/mol. The first-order chi connectivity index (χ1) is 56.9. The van der Waals surface area contributed by atoms with E-state index in [1.807, 2.05) is 119 Å². The van der Waals surface area contributed by atoms with E-state index in [0.717, 1.165) is 171 Å². The molecule has 14 heterocycles. The Hall–Kier alpha value is -12.7. The summed E-state index contributed by atoms with van der Waals surface area (Å²) in [7, 11) is -3.97. The SMILES string of the molecule is Cc1ccc(S(=O)(=O)OCCn2c(=O)n(C3CCC(=O)NC3=O)c3ccccc32)cc1.Fc1cccc([C@H]2CCCN2c2ccc3ncc(-c4cccc(N5CCNCC5)n4)n3n2)c1.O=C1CCC(n2c(=O)n(CCN3CCN(c4cccc(-c5cnc6ccc(N7CCC[C@@H]7c7cccc(F)c7)nn56)n4)CC3)c3ccccc32)C(=O)N1. The Morgan fingerprint density at radius 3 is 1.42 bits per heavy atom. The molecule has 2 unspecified atom stereocenters. The number of fused-ring (bicyclic) bond motifs is 4. The summed E-state index contributed by atoms with van der Waals surface area (Å²) in [6.45, 7) is 11.4. The molecule has 117 heavy (non-hydrogen) atoms. The Morgan fingerprint density at radius 1 is 0.462 bits per heavy atom. The number of para-hydroxylation sites is 4. The van der Waals surface area contributed by atoms with E-state index in [1.165, 1.54) is 33.4 Å². The van der Waals surface area contributed by atoms with E-state index in [1.54, 1.807) is 69.8 Å².